The molecule has 1 N–H and O–H groups in total. The highest BCUT2D eigenvalue weighted by Crippen LogP contribution is 2.28. The van der Waals surface area contributed by atoms with Gasteiger partial charge in [-0.3, -0.25) is 14.9 Å². The van der Waals surface area contributed by atoms with Crippen LogP contribution in [0.4, 0.5) is 5.13 Å². The second-order valence-corrected chi connectivity index (χ2v) is 7.43. The summed E-state index contributed by atoms with van der Waals surface area (Å²) >= 11 is 1.38. The Balaban J connectivity index is 1.46. The summed E-state index contributed by atoms with van der Waals surface area (Å²) in [4.78, 5) is 28.3. The van der Waals surface area contributed by atoms with E-state index < -0.39 is 0 Å². The zero-order valence-electron chi connectivity index (χ0n) is 15.8. The van der Waals surface area contributed by atoms with Crippen LogP contribution in [0.5, 0.6) is 0 Å². The van der Waals surface area contributed by atoms with E-state index in [4.69, 9.17) is 0 Å². The summed E-state index contributed by atoms with van der Waals surface area (Å²) in [7, 11) is 0. The number of hydrogen-bond acceptors (Lipinski definition) is 4. The highest BCUT2D eigenvalue weighted by atomic mass is 32.1. The Bertz CT molecular complexity index is 1150. The molecular weight excluding hydrogens is 380 g/mol. The van der Waals surface area contributed by atoms with Crippen molar-refractivity contribution in [3.63, 3.8) is 0 Å². The third-order valence-electron chi connectivity index (χ3n) is 4.57. The number of hydrogen-bond donors (Lipinski definition) is 1. The summed E-state index contributed by atoms with van der Waals surface area (Å²) in [5.41, 5.74) is 5.19. The summed E-state index contributed by atoms with van der Waals surface area (Å²) in [6.45, 7) is 1.50. The van der Waals surface area contributed by atoms with Gasteiger partial charge in [0.05, 0.1) is 5.69 Å². The van der Waals surface area contributed by atoms with Gasteiger partial charge in [-0.2, -0.15) is 0 Å². The van der Waals surface area contributed by atoms with Gasteiger partial charge >= 0.3 is 0 Å². The molecule has 1 heterocycles. The second-order valence-electron chi connectivity index (χ2n) is 6.57. The van der Waals surface area contributed by atoms with Gasteiger partial charge in [0.2, 0.25) is 0 Å². The lowest BCUT2D eigenvalue weighted by molar-refractivity contribution is 0.100. The summed E-state index contributed by atoms with van der Waals surface area (Å²) in [5.74, 6) is -0.278. The van der Waals surface area contributed by atoms with Gasteiger partial charge in [-0.05, 0) is 30.2 Å². The molecule has 0 saturated carbocycles. The normalized spacial score (nSPS) is 10.5. The van der Waals surface area contributed by atoms with Gasteiger partial charge in [-0.15, -0.1) is 11.3 Å². The Labute approximate surface area is 172 Å². The van der Waals surface area contributed by atoms with Gasteiger partial charge in [0.1, 0.15) is 0 Å². The molecule has 3 aromatic carbocycles. The lowest BCUT2D eigenvalue weighted by Gasteiger charge is -2.03. The van der Waals surface area contributed by atoms with E-state index in [-0.39, 0.29) is 11.7 Å². The van der Waals surface area contributed by atoms with E-state index in [1.807, 2.05) is 35.7 Å². The summed E-state index contributed by atoms with van der Waals surface area (Å²) < 4.78 is 0. The number of rotatable bonds is 5. The van der Waals surface area contributed by atoms with Crippen molar-refractivity contribution >= 4 is 28.2 Å². The fourth-order valence-corrected chi connectivity index (χ4v) is 3.67. The molecular formula is C24H18N2O2S. The summed E-state index contributed by atoms with van der Waals surface area (Å²) in [5, 5.41) is 5.28. The van der Waals surface area contributed by atoms with Crippen molar-refractivity contribution in [2.75, 3.05) is 5.32 Å². The van der Waals surface area contributed by atoms with Crippen molar-refractivity contribution in [2.45, 2.75) is 6.92 Å². The third kappa shape index (κ3) is 4.31. The van der Waals surface area contributed by atoms with Gasteiger partial charge < -0.3 is 0 Å². The predicted molar refractivity (Wildman–Crippen MR) is 117 cm³/mol. The molecule has 142 valence electrons. The number of carbonyl (C=O) groups excluding carboxylic acids is 2. The van der Waals surface area contributed by atoms with Gasteiger partial charge in [-0.25, -0.2) is 4.98 Å². The lowest BCUT2D eigenvalue weighted by atomic mass is 10.0. The summed E-state index contributed by atoms with van der Waals surface area (Å²) in [6.07, 6.45) is 0. The smallest absolute Gasteiger partial charge is 0.257 e. The molecule has 5 heteroatoms. The number of anilines is 1. The molecule has 4 nitrogen and oxygen atoms in total. The largest absolute Gasteiger partial charge is 0.298 e. The number of benzene rings is 3. The fourth-order valence-electron chi connectivity index (χ4n) is 2.95. The van der Waals surface area contributed by atoms with Crippen LogP contribution >= 0.6 is 11.3 Å². The molecule has 0 spiro atoms. The van der Waals surface area contributed by atoms with Gasteiger partial charge in [0.15, 0.2) is 10.9 Å². The van der Waals surface area contributed by atoms with Crippen LogP contribution in [-0.4, -0.2) is 16.7 Å². The van der Waals surface area contributed by atoms with Crippen LogP contribution < -0.4 is 5.32 Å². The Kier molecular flexibility index (Phi) is 5.31. The number of carbonyl (C=O) groups is 2. The maximum Gasteiger partial charge on any atom is 0.257 e. The SMILES string of the molecule is CC(=O)c1ccc(C(=O)Nc2nc(-c3ccc(-c4ccccc4)cc3)cs2)cc1. The molecule has 0 atom stereocenters. The zero-order chi connectivity index (χ0) is 20.2. The van der Waals surface area contributed by atoms with Gasteiger partial charge in [-0.1, -0.05) is 66.7 Å². The van der Waals surface area contributed by atoms with Crippen molar-refractivity contribution in [1.29, 1.82) is 0 Å². The first-order chi connectivity index (χ1) is 14.1. The van der Waals surface area contributed by atoms with E-state index in [0.29, 0.717) is 16.3 Å². The number of ketones is 1. The monoisotopic (exact) mass is 398 g/mol. The minimum atomic E-state index is -0.250. The number of nitrogens with zero attached hydrogens (tertiary/aromatic N) is 1. The Morgan fingerprint density at radius 1 is 0.759 bits per heavy atom. The first kappa shape index (κ1) is 18.8. The first-order valence-electron chi connectivity index (χ1n) is 9.14. The molecule has 0 bridgehead atoms. The van der Waals surface area contributed by atoms with Crippen molar-refractivity contribution < 1.29 is 9.59 Å². The molecule has 0 unspecified atom stereocenters. The van der Waals surface area contributed by atoms with Gasteiger partial charge in [0, 0.05) is 22.1 Å². The van der Waals surface area contributed by atoms with E-state index in [9.17, 15) is 9.59 Å². The Morgan fingerprint density at radius 3 is 2.00 bits per heavy atom. The number of aromatic nitrogens is 1. The molecule has 4 rings (SSSR count). The Hall–Kier alpha value is -3.57. The minimum Gasteiger partial charge on any atom is -0.298 e. The van der Waals surface area contributed by atoms with Crippen LogP contribution in [0.2, 0.25) is 0 Å². The molecule has 4 aromatic rings. The average molecular weight is 398 g/mol. The van der Waals surface area contributed by atoms with E-state index in [0.717, 1.165) is 16.8 Å². The van der Waals surface area contributed by atoms with Crippen molar-refractivity contribution in [3.05, 3.63) is 95.4 Å². The quantitative estimate of drug-likeness (QED) is 0.424. The molecule has 0 aliphatic carbocycles. The third-order valence-corrected chi connectivity index (χ3v) is 5.32. The van der Waals surface area contributed by atoms with E-state index in [1.165, 1.54) is 23.8 Å². The summed E-state index contributed by atoms with van der Waals surface area (Å²) in [6, 6.07) is 25.0. The lowest BCUT2D eigenvalue weighted by Crippen LogP contribution is -2.11. The number of amides is 1. The number of Topliss-reactive ketones (excluding diaryl/α,β-unsaturated/α-hetero) is 1. The Morgan fingerprint density at radius 2 is 1.34 bits per heavy atom. The number of thiazole rings is 1. The van der Waals surface area contributed by atoms with Crippen LogP contribution in [-0.2, 0) is 0 Å². The van der Waals surface area contributed by atoms with Crippen molar-refractivity contribution in [3.8, 4) is 22.4 Å². The zero-order valence-corrected chi connectivity index (χ0v) is 16.6. The second kappa shape index (κ2) is 8.20. The molecule has 0 fully saturated rings. The first-order valence-corrected chi connectivity index (χ1v) is 10.0. The van der Waals surface area contributed by atoms with Crippen LogP contribution in [0.1, 0.15) is 27.6 Å². The standard InChI is InChI=1S/C24H18N2O2S/c1-16(27)17-7-13-21(14-8-17)23(28)26-24-25-22(15-29-24)20-11-9-19(10-12-20)18-5-3-2-4-6-18/h2-15H,1H3,(H,25,26,28). The van der Waals surface area contributed by atoms with E-state index >= 15 is 0 Å². The molecule has 0 aliphatic rings. The fraction of sp³-hybridized carbons (Fsp3) is 0.0417. The predicted octanol–water partition coefficient (Wildman–Crippen LogP) is 5.93. The van der Waals surface area contributed by atoms with Crippen LogP contribution in [0.25, 0.3) is 22.4 Å². The van der Waals surface area contributed by atoms with Crippen molar-refractivity contribution in [2.24, 2.45) is 0 Å². The molecule has 29 heavy (non-hydrogen) atoms. The maximum atomic E-state index is 12.4. The van der Waals surface area contributed by atoms with E-state index in [2.05, 4.69) is 34.6 Å². The van der Waals surface area contributed by atoms with Crippen LogP contribution in [0, 0.1) is 0 Å². The van der Waals surface area contributed by atoms with Crippen LogP contribution in [0.15, 0.2) is 84.2 Å². The van der Waals surface area contributed by atoms with E-state index in [1.54, 1.807) is 24.3 Å². The molecule has 0 radical (unpaired) electrons. The van der Waals surface area contributed by atoms with Crippen molar-refractivity contribution in [1.82, 2.24) is 4.98 Å². The van der Waals surface area contributed by atoms with Gasteiger partial charge in [0.25, 0.3) is 5.91 Å². The average Bonchev–Trinajstić information content (AvgIpc) is 3.23. The maximum absolute atomic E-state index is 12.4. The highest BCUT2D eigenvalue weighted by Gasteiger charge is 2.11. The number of nitrogens with one attached hydrogen (secondary N) is 1. The highest BCUT2D eigenvalue weighted by molar-refractivity contribution is 7.14. The minimum absolute atomic E-state index is 0.0280. The molecule has 0 saturated heterocycles. The topological polar surface area (TPSA) is 59.1 Å². The van der Waals surface area contributed by atoms with Crippen LogP contribution in [0.3, 0.4) is 0 Å². The molecule has 1 aromatic heterocycles. The molecule has 0 aliphatic heterocycles. The molecule has 1 amide bonds.